The first kappa shape index (κ1) is 6.44. The quantitative estimate of drug-likeness (QED) is 0.546. The molecule has 2 saturated heterocycles. The molecule has 0 radical (unpaired) electrons. The third-order valence-electron chi connectivity index (χ3n) is 3.95. The third-order valence-corrected chi connectivity index (χ3v) is 3.95. The summed E-state index contributed by atoms with van der Waals surface area (Å²) in [5, 5.41) is 9.52. The molecular formula is C9H15NO. The van der Waals surface area contributed by atoms with E-state index in [0.717, 1.165) is 36.8 Å². The zero-order valence-electron chi connectivity index (χ0n) is 6.90. The van der Waals surface area contributed by atoms with Crippen molar-refractivity contribution in [3.05, 3.63) is 0 Å². The Hall–Kier alpha value is -0.0800. The van der Waals surface area contributed by atoms with Crippen molar-refractivity contribution >= 4 is 0 Å². The normalized spacial score (nSPS) is 61.1. The summed E-state index contributed by atoms with van der Waals surface area (Å²) in [6.45, 7) is 0. The van der Waals surface area contributed by atoms with Crippen LogP contribution in [0.3, 0.4) is 0 Å². The van der Waals surface area contributed by atoms with Gasteiger partial charge in [-0.3, -0.25) is 4.90 Å². The van der Waals surface area contributed by atoms with Crippen LogP contribution in [0.2, 0.25) is 0 Å². The molecule has 0 spiro atoms. The molecule has 11 heavy (non-hydrogen) atoms. The number of hydrogen-bond acceptors (Lipinski definition) is 2. The minimum atomic E-state index is 0.00833. The smallest absolute Gasteiger partial charge is 0.0570 e. The lowest BCUT2D eigenvalue weighted by Gasteiger charge is -2.37. The van der Waals surface area contributed by atoms with Crippen LogP contribution in [0.15, 0.2) is 0 Å². The topological polar surface area (TPSA) is 23.5 Å². The van der Waals surface area contributed by atoms with Gasteiger partial charge in [-0.1, -0.05) is 0 Å². The van der Waals surface area contributed by atoms with Gasteiger partial charge >= 0.3 is 0 Å². The third kappa shape index (κ3) is 0.695. The molecule has 2 heterocycles. The molecular weight excluding hydrogens is 138 g/mol. The van der Waals surface area contributed by atoms with Gasteiger partial charge in [-0.05, 0) is 38.1 Å². The fraction of sp³-hybridized carbons (Fsp3) is 1.00. The van der Waals surface area contributed by atoms with Crippen LogP contribution in [0.5, 0.6) is 0 Å². The summed E-state index contributed by atoms with van der Waals surface area (Å²) in [4.78, 5) is 2.51. The van der Waals surface area contributed by atoms with Crippen molar-refractivity contribution in [2.75, 3.05) is 7.05 Å². The van der Waals surface area contributed by atoms with Crippen LogP contribution in [-0.4, -0.2) is 35.2 Å². The Morgan fingerprint density at radius 1 is 1.09 bits per heavy atom. The van der Waals surface area contributed by atoms with E-state index in [1.54, 1.807) is 0 Å². The van der Waals surface area contributed by atoms with Crippen LogP contribution in [0, 0.1) is 11.8 Å². The van der Waals surface area contributed by atoms with E-state index < -0.39 is 0 Å². The number of hydrogen-bond donors (Lipinski definition) is 1. The molecule has 5 atom stereocenters. The molecule has 1 aliphatic carbocycles. The van der Waals surface area contributed by atoms with Gasteiger partial charge in [0.25, 0.3) is 0 Å². The van der Waals surface area contributed by atoms with E-state index in [1.165, 1.54) is 6.42 Å². The molecule has 1 saturated carbocycles. The second-order valence-corrected chi connectivity index (χ2v) is 4.49. The minimum Gasteiger partial charge on any atom is -0.393 e. The highest BCUT2D eigenvalue weighted by Gasteiger charge is 2.59. The fourth-order valence-electron chi connectivity index (χ4n) is 3.31. The zero-order chi connectivity index (χ0) is 7.59. The Balaban J connectivity index is 1.90. The molecule has 2 heteroatoms. The van der Waals surface area contributed by atoms with Crippen molar-refractivity contribution in [1.82, 2.24) is 4.90 Å². The Kier molecular flexibility index (Phi) is 1.06. The Morgan fingerprint density at radius 3 is 2.18 bits per heavy atom. The molecule has 62 valence electrons. The lowest BCUT2D eigenvalue weighted by molar-refractivity contribution is 0.0325. The van der Waals surface area contributed by atoms with E-state index in [1.807, 2.05) is 0 Å². The average Bonchev–Trinajstić information content (AvgIpc) is 2.66. The van der Waals surface area contributed by atoms with Crippen molar-refractivity contribution in [3.63, 3.8) is 0 Å². The van der Waals surface area contributed by atoms with Gasteiger partial charge in [0.15, 0.2) is 0 Å². The molecule has 3 fully saturated rings. The first-order chi connectivity index (χ1) is 5.27. The average molecular weight is 153 g/mol. The number of aliphatic hydroxyl groups excluding tert-OH is 1. The van der Waals surface area contributed by atoms with E-state index in [0.29, 0.717) is 0 Å². The van der Waals surface area contributed by atoms with Crippen molar-refractivity contribution < 1.29 is 5.11 Å². The molecule has 2 aliphatic heterocycles. The van der Waals surface area contributed by atoms with Crippen LogP contribution >= 0.6 is 0 Å². The molecule has 2 nitrogen and oxygen atoms in total. The van der Waals surface area contributed by atoms with Crippen LogP contribution in [0.1, 0.15) is 19.3 Å². The summed E-state index contributed by atoms with van der Waals surface area (Å²) >= 11 is 0. The number of nitrogens with zero attached hydrogens (tertiary/aromatic N) is 1. The maximum absolute atomic E-state index is 9.52. The fourth-order valence-corrected chi connectivity index (χ4v) is 3.31. The summed E-state index contributed by atoms with van der Waals surface area (Å²) < 4.78 is 0. The van der Waals surface area contributed by atoms with E-state index >= 15 is 0 Å². The number of rotatable bonds is 0. The lowest BCUT2D eigenvalue weighted by atomic mass is 9.96. The number of aliphatic hydroxyl groups is 1. The van der Waals surface area contributed by atoms with Crippen LogP contribution < -0.4 is 0 Å². The summed E-state index contributed by atoms with van der Waals surface area (Å²) in [6.07, 6.45) is 3.53. The highest BCUT2D eigenvalue weighted by molar-refractivity contribution is 5.12. The summed E-state index contributed by atoms with van der Waals surface area (Å²) in [6, 6.07) is 1.46. The Labute approximate surface area is 67.2 Å². The first-order valence-corrected chi connectivity index (χ1v) is 4.67. The van der Waals surface area contributed by atoms with Crippen LogP contribution in [-0.2, 0) is 0 Å². The largest absolute Gasteiger partial charge is 0.393 e. The highest BCUT2D eigenvalue weighted by Crippen LogP contribution is 2.57. The Bertz CT molecular complexity index is 176. The van der Waals surface area contributed by atoms with Gasteiger partial charge in [-0.25, -0.2) is 0 Å². The van der Waals surface area contributed by atoms with Crippen molar-refractivity contribution in [1.29, 1.82) is 0 Å². The predicted octanol–water partition coefficient (Wildman–Crippen LogP) is 0.460. The van der Waals surface area contributed by atoms with E-state index in [-0.39, 0.29) is 6.10 Å². The van der Waals surface area contributed by atoms with Crippen LogP contribution in [0.25, 0.3) is 0 Å². The van der Waals surface area contributed by atoms with Gasteiger partial charge < -0.3 is 5.11 Å². The molecule has 0 aromatic carbocycles. The van der Waals surface area contributed by atoms with Crippen molar-refractivity contribution in [3.8, 4) is 0 Å². The molecule has 2 bridgehead atoms. The summed E-state index contributed by atoms with van der Waals surface area (Å²) in [5.74, 6) is 1.92. The molecule has 4 unspecified atom stereocenters. The monoisotopic (exact) mass is 153 g/mol. The molecule has 0 aromatic rings. The van der Waals surface area contributed by atoms with Gasteiger partial charge in [-0.2, -0.15) is 0 Å². The van der Waals surface area contributed by atoms with E-state index in [9.17, 15) is 5.11 Å². The lowest BCUT2D eigenvalue weighted by Crippen LogP contribution is -2.45. The number of piperidine rings is 2. The van der Waals surface area contributed by atoms with Crippen molar-refractivity contribution in [2.45, 2.75) is 37.5 Å². The van der Waals surface area contributed by atoms with Gasteiger partial charge in [-0.15, -0.1) is 0 Å². The molecule has 0 aromatic heterocycles. The van der Waals surface area contributed by atoms with E-state index in [4.69, 9.17) is 0 Å². The first-order valence-electron chi connectivity index (χ1n) is 4.67. The standard InChI is InChI=1S/C9H15NO/c1-10-8-2-5(11)3-9(10)7-4-6(7)8/h5-9,11H,2-4H2,1H3/t5?,6-,7?,8?,9?/m1/s1. The molecule has 0 amide bonds. The predicted molar refractivity (Wildman–Crippen MR) is 42.2 cm³/mol. The highest BCUT2D eigenvalue weighted by atomic mass is 16.3. The Morgan fingerprint density at radius 2 is 1.64 bits per heavy atom. The van der Waals surface area contributed by atoms with Gasteiger partial charge in [0.05, 0.1) is 6.10 Å². The molecule has 3 aliphatic rings. The van der Waals surface area contributed by atoms with Crippen LogP contribution in [0.4, 0.5) is 0 Å². The van der Waals surface area contributed by atoms with Gasteiger partial charge in [0.2, 0.25) is 0 Å². The second kappa shape index (κ2) is 1.80. The maximum Gasteiger partial charge on any atom is 0.0570 e. The van der Waals surface area contributed by atoms with Crippen molar-refractivity contribution in [2.24, 2.45) is 11.8 Å². The van der Waals surface area contributed by atoms with Gasteiger partial charge in [0, 0.05) is 12.1 Å². The SMILES string of the molecule is CN1C2CC(O)CC1[C@@H]1CC21. The molecule has 3 rings (SSSR count). The second-order valence-electron chi connectivity index (χ2n) is 4.49. The molecule has 1 N–H and O–H groups in total. The number of fused-ring (bicyclic) bond motifs is 5. The minimum absolute atomic E-state index is 0.00833. The zero-order valence-corrected chi connectivity index (χ0v) is 6.90. The van der Waals surface area contributed by atoms with E-state index in [2.05, 4.69) is 11.9 Å². The summed E-state index contributed by atoms with van der Waals surface area (Å²) in [5.41, 5.74) is 0. The van der Waals surface area contributed by atoms with Gasteiger partial charge in [0.1, 0.15) is 0 Å². The summed E-state index contributed by atoms with van der Waals surface area (Å²) in [7, 11) is 2.23. The maximum atomic E-state index is 9.52.